The number of ether oxygens (including phenoxy) is 1. The van der Waals surface area contributed by atoms with E-state index in [0.717, 1.165) is 49.6 Å². The molecule has 1 saturated heterocycles. The summed E-state index contributed by atoms with van der Waals surface area (Å²) in [4.78, 5) is 14.1. The minimum atomic E-state index is 0.401. The Kier molecular flexibility index (Phi) is 5.64. The quantitative estimate of drug-likeness (QED) is 0.656. The van der Waals surface area contributed by atoms with Gasteiger partial charge in [0.05, 0.1) is 11.6 Å². The van der Waals surface area contributed by atoms with Crippen molar-refractivity contribution >= 4 is 22.9 Å². The van der Waals surface area contributed by atoms with Gasteiger partial charge in [0, 0.05) is 46.9 Å². The van der Waals surface area contributed by atoms with Gasteiger partial charge in [0.2, 0.25) is 0 Å². The first-order valence-electron chi connectivity index (χ1n) is 9.61. The lowest BCUT2D eigenvalue weighted by atomic mass is 10.2. The fourth-order valence-electron chi connectivity index (χ4n) is 3.53. The van der Waals surface area contributed by atoms with Crippen molar-refractivity contribution in [2.24, 2.45) is 7.05 Å². The predicted octanol–water partition coefficient (Wildman–Crippen LogP) is 2.35. The third kappa shape index (κ3) is 4.05. The van der Waals surface area contributed by atoms with E-state index >= 15 is 0 Å². The Hall–Kier alpha value is -2.77. The van der Waals surface area contributed by atoms with E-state index in [-0.39, 0.29) is 0 Å². The van der Waals surface area contributed by atoms with E-state index in [1.807, 2.05) is 19.3 Å². The lowest BCUT2D eigenvalue weighted by Crippen LogP contribution is -2.46. The summed E-state index contributed by atoms with van der Waals surface area (Å²) in [5.74, 6) is 1.66. The van der Waals surface area contributed by atoms with Gasteiger partial charge in [0.15, 0.2) is 11.5 Å². The maximum Gasteiger partial charge on any atom is 0.163 e. The Morgan fingerprint density at radius 2 is 1.86 bits per heavy atom. The summed E-state index contributed by atoms with van der Waals surface area (Å²) in [5, 5.41) is 5.36. The summed E-state index contributed by atoms with van der Waals surface area (Å²) >= 11 is 0. The molecule has 0 N–H and O–H groups in total. The highest BCUT2D eigenvalue weighted by atomic mass is 16.5. The third-order valence-electron chi connectivity index (χ3n) is 5.04. The zero-order valence-electron chi connectivity index (χ0n) is 16.5. The van der Waals surface area contributed by atoms with Gasteiger partial charge in [-0.1, -0.05) is 42.5 Å². The molecule has 1 aliphatic heterocycles. The number of aromatic nitrogens is 4. The van der Waals surface area contributed by atoms with Gasteiger partial charge in [-0.3, -0.25) is 9.58 Å². The second-order valence-electron chi connectivity index (χ2n) is 7.00. The molecular weight excluding hydrogens is 352 g/mol. The average molecular weight is 378 g/mol. The topological polar surface area (TPSA) is 59.3 Å². The number of piperazine rings is 1. The molecule has 7 heteroatoms. The van der Waals surface area contributed by atoms with Crippen molar-refractivity contribution in [2.45, 2.75) is 6.61 Å². The largest absolute Gasteiger partial charge is 0.377 e. The molecule has 1 fully saturated rings. The van der Waals surface area contributed by atoms with Crippen LogP contribution in [0.4, 0.5) is 5.82 Å². The van der Waals surface area contributed by atoms with Gasteiger partial charge < -0.3 is 9.64 Å². The first kappa shape index (κ1) is 18.6. The van der Waals surface area contributed by atoms with Crippen LogP contribution in [0.1, 0.15) is 11.4 Å². The number of hydrogen-bond donors (Lipinski definition) is 0. The van der Waals surface area contributed by atoms with Gasteiger partial charge in [-0.2, -0.15) is 5.10 Å². The molecule has 7 nitrogen and oxygen atoms in total. The Morgan fingerprint density at radius 1 is 1.07 bits per heavy atom. The Balaban J connectivity index is 1.43. The normalized spacial score (nSPS) is 15.7. The van der Waals surface area contributed by atoms with Crippen molar-refractivity contribution in [3.8, 4) is 0 Å². The highest BCUT2D eigenvalue weighted by Gasteiger charge is 2.21. The minimum Gasteiger partial charge on any atom is -0.377 e. The van der Waals surface area contributed by atoms with Crippen molar-refractivity contribution in [2.75, 3.05) is 44.7 Å². The molecule has 3 aromatic rings. The molecule has 4 rings (SSSR count). The van der Waals surface area contributed by atoms with Gasteiger partial charge in [-0.25, -0.2) is 9.97 Å². The second kappa shape index (κ2) is 8.50. The van der Waals surface area contributed by atoms with E-state index in [1.165, 1.54) is 5.56 Å². The number of hydrogen-bond acceptors (Lipinski definition) is 6. The Labute approximate surface area is 165 Å². The van der Waals surface area contributed by atoms with Gasteiger partial charge >= 0.3 is 0 Å². The van der Waals surface area contributed by atoms with Gasteiger partial charge in [-0.05, 0) is 5.56 Å². The van der Waals surface area contributed by atoms with Crippen molar-refractivity contribution in [1.82, 2.24) is 24.6 Å². The second-order valence-corrected chi connectivity index (χ2v) is 7.00. The SMILES string of the molecule is COCc1nc(N2CCN(CC=Cc3ccccc3)CC2)c2cnn(C)c2n1. The van der Waals surface area contributed by atoms with E-state index in [9.17, 15) is 0 Å². The highest BCUT2D eigenvalue weighted by Crippen LogP contribution is 2.24. The van der Waals surface area contributed by atoms with Gasteiger partial charge in [0.1, 0.15) is 12.4 Å². The molecule has 0 unspecified atom stereocenters. The number of fused-ring (bicyclic) bond motifs is 1. The first-order valence-corrected chi connectivity index (χ1v) is 9.61. The maximum absolute atomic E-state index is 5.24. The Bertz CT molecular complexity index is 944. The number of rotatable bonds is 6. The first-order chi connectivity index (χ1) is 13.7. The van der Waals surface area contributed by atoms with Crippen LogP contribution in [0.25, 0.3) is 17.1 Å². The standard InChI is InChI=1S/C21H26N6O/c1-25-20-18(15-22-25)21(24-19(23-20)16-28-2)27-13-11-26(12-14-27)10-6-9-17-7-4-3-5-8-17/h3-9,15H,10-14,16H2,1-2H3. The van der Waals surface area contributed by atoms with Gasteiger partial charge in [0.25, 0.3) is 0 Å². The fraction of sp³-hybridized carbons (Fsp3) is 0.381. The zero-order chi connectivity index (χ0) is 19.3. The molecule has 0 bridgehead atoms. The molecule has 3 heterocycles. The van der Waals surface area contributed by atoms with Crippen LogP contribution in [-0.2, 0) is 18.4 Å². The molecule has 0 amide bonds. The van der Waals surface area contributed by atoms with Crippen LogP contribution >= 0.6 is 0 Å². The minimum absolute atomic E-state index is 0.401. The van der Waals surface area contributed by atoms with E-state index in [4.69, 9.17) is 9.72 Å². The average Bonchev–Trinajstić information content (AvgIpc) is 3.10. The summed E-state index contributed by atoms with van der Waals surface area (Å²) in [6.45, 7) is 5.25. The number of aryl methyl sites for hydroxylation is 1. The molecule has 1 aliphatic rings. The van der Waals surface area contributed by atoms with Crippen LogP contribution in [0, 0.1) is 0 Å². The Morgan fingerprint density at radius 3 is 2.61 bits per heavy atom. The van der Waals surface area contributed by atoms with E-state index in [1.54, 1.807) is 11.8 Å². The molecule has 146 valence electrons. The summed E-state index contributed by atoms with van der Waals surface area (Å²) < 4.78 is 7.04. The zero-order valence-corrected chi connectivity index (χ0v) is 16.5. The smallest absolute Gasteiger partial charge is 0.163 e. The molecular formula is C21H26N6O. The van der Waals surface area contributed by atoms with E-state index in [2.05, 4.69) is 56.3 Å². The van der Waals surface area contributed by atoms with Crippen molar-refractivity contribution < 1.29 is 4.74 Å². The molecule has 28 heavy (non-hydrogen) atoms. The molecule has 2 aromatic heterocycles. The summed E-state index contributed by atoms with van der Waals surface area (Å²) in [6.07, 6.45) is 6.29. The van der Waals surface area contributed by atoms with Crippen molar-refractivity contribution in [3.05, 3.63) is 54.0 Å². The van der Waals surface area contributed by atoms with Crippen molar-refractivity contribution in [1.29, 1.82) is 0 Å². The maximum atomic E-state index is 5.24. The summed E-state index contributed by atoms with van der Waals surface area (Å²) in [7, 11) is 3.57. The van der Waals surface area contributed by atoms with Crippen LogP contribution in [0.3, 0.4) is 0 Å². The third-order valence-corrected chi connectivity index (χ3v) is 5.04. The molecule has 0 aliphatic carbocycles. The molecule has 0 spiro atoms. The lowest BCUT2D eigenvalue weighted by molar-refractivity contribution is 0.178. The monoisotopic (exact) mass is 378 g/mol. The number of methoxy groups -OCH3 is 1. The number of anilines is 1. The number of benzene rings is 1. The highest BCUT2D eigenvalue weighted by molar-refractivity contribution is 5.87. The van der Waals surface area contributed by atoms with E-state index < -0.39 is 0 Å². The molecule has 0 atom stereocenters. The van der Waals surface area contributed by atoms with Crippen LogP contribution in [0.15, 0.2) is 42.6 Å². The fourth-order valence-corrected chi connectivity index (χ4v) is 3.53. The molecule has 1 aromatic carbocycles. The van der Waals surface area contributed by atoms with Crippen LogP contribution in [0.2, 0.25) is 0 Å². The summed E-state index contributed by atoms with van der Waals surface area (Å²) in [5.41, 5.74) is 2.09. The molecule has 0 radical (unpaired) electrons. The van der Waals surface area contributed by atoms with Crippen LogP contribution < -0.4 is 4.90 Å². The summed E-state index contributed by atoms with van der Waals surface area (Å²) in [6, 6.07) is 10.4. The van der Waals surface area contributed by atoms with Crippen molar-refractivity contribution in [3.63, 3.8) is 0 Å². The van der Waals surface area contributed by atoms with Gasteiger partial charge in [-0.15, -0.1) is 0 Å². The molecule has 0 saturated carbocycles. The number of nitrogens with zero attached hydrogens (tertiary/aromatic N) is 6. The lowest BCUT2D eigenvalue weighted by Gasteiger charge is -2.35. The van der Waals surface area contributed by atoms with Crippen LogP contribution in [0.5, 0.6) is 0 Å². The van der Waals surface area contributed by atoms with E-state index in [0.29, 0.717) is 12.4 Å². The van der Waals surface area contributed by atoms with Crippen LogP contribution in [-0.4, -0.2) is 64.5 Å². The predicted molar refractivity (Wildman–Crippen MR) is 111 cm³/mol.